The molecule has 1 rings (SSSR count). The van der Waals surface area contributed by atoms with Gasteiger partial charge in [-0.15, -0.1) is 0 Å². The second-order valence-corrected chi connectivity index (χ2v) is 3.27. The van der Waals surface area contributed by atoms with Gasteiger partial charge in [-0.3, -0.25) is 25.0 Å². The zero-order valence-corrected chi connectivity index (χ0v) is 8.72. The summed E-state index contributed by atoms with van der Waals surface area (Å²) in [5.74, 6) is -0.572. The van der Waals surface area contributed by atoms with E-state index < -0.39 is 27.0 Å². The van der Waals surface area contributed by atoms with E-state index in [4.69, 9.17) is 11.6 Å². The molecule has 0 saturated carbocycles. The van der Waals surface area contributed by atoms with Gasteiger partial charge in [0.1, 0.15) is 5.02 Å². The molecule has 1 aromatic rings. The summed E-state index contributed by atoms with van der Waals surface area (Å²) in [6.07, 6.45) is 0. The average molecular weight is 245 g/mol. The third-order valence-electron chi connectivity index (χ3n) is 1.82. The molecule has 0 amide bonds. The first-order chi connectivity index (χ1) is 7.34. The van der Waals surface area contributed by atoms with Crippen molar-refractivity contribution < 1.29 is 14.6 Å². The maximum atomic E-state index is 11.1. The largest absolute Gasteiger partial charge is 0.295 e. The molecule has 0 aliphatic heterocycles. The lowest BCUT2D eigenvalue weighted by atomic mass is 10.1. The SMILES string of the molecule is CC(=O)c1cc([N+](=O)[O-])cc([N+](=O)[O-])c1Cl. The van der Waals surface area contributed by atoms with Crippen LogP contribution in [0.4, 0.5) is 11.4 Å². The van der Waals surface area contributed by atoms with Gasteiger partial charge in [0.25, 0.3) is 11.4 Å². The molecule has 0 heterocycles. The first kappa shape index (κ1) is 12.1. The van der Waals surface area contributed by atoms with Crippen LogP contribution in [-0.2, 0) is 0 Å². The Morgan fingerprint density at radius 2 is 1.81 bits per heavy atom. The van der Waals surface area contributed by atoms with Crippen LogP contribution in [0, 0.1) is 20.2 Å². The summed E-state index contributed by atoms with van der Waals surface area (Å²) >= 11 is 5.59. The van der Waals surface area contributed by atoms with Gasteiger partial charge in [-0.05, 0) is 6.92 Å². The summed E-state index contributed by atoms with van der Waals surface area (Å²) < 4.78 is 0. The van der Waals surface area contributed by atoms with Gasteiger partial charge >= 0.3 is 0 Å². The highest BCUT2D eigenvalue weighted by Gasteiger charge is 2.24. The number of nitrogens with zero attached hydrogens (tertiary/aromatic N) is 2. The molecule has 0 fully saturated rings. The van der Waals surface area contributed by atoms with Crippen LogP contribution in [-0.4, -0.2) is 15.6 Å². The fraction of sp³-hybridized carbons (Fsp3) is 0.125. The Morgan fingerprint density at radius 1 is 1.25 bits per heavy atom. The predicted octanol–water partition coefficient (Wildman–Crippen LogP) is 2.36. The van der Waals surface area contributed by atoms with Crippen LogP contribution in [0.25, 0.3) is 0 Å². The second kappa shape index (κ2) is 4.23. The number of carbonyl (C=O) groups is 1. The van der Waals surface area contributed by atoms with Gasteiger partial charge in [-0.25, -0.2) is 0 Å². The van der Waals surface area contributed by atoms with E-state index in [1.807, 2.05) is 0 Å². The lowest BCUT2D eigenvalue weighted by Crippen LogP contribution is -2.00. The lowest BCUT2D eigenvalue weighted by Gasteiger charge is -2.01. The Hall–Kier alpha value is -2.02. The number of halogens is 1. The quantitative estimate of drug-likeness (QED) is 0.461. The number of nitro benzene ring substituents is 2. The minimum Gasteiger partial charge on any atom is -0.294 e. The molecule has 84 valence electrons. The van der Waals surface area contributed by atoms with Crippen LogP contribution in [0.5, 0.6) is 0 Å². The maximum absolute atomic E-state index is 11.1. The van der Waals surface area contributed by atoms with E-state index >= 15 is 0 Å². The van der Waals surface area contributed by atoms with Crippen molar-refractivity contribution in [2.45, 2.75) is 6.92 Å². The molecule has 0 N–H and O–H groups in total. The van der Waals surface area contributed by atoms with Gasteiger partial charge in [0.15, 0.2) is 5.78 Å². The number of nitro groups is 2. The highest BCUT2D eigenvalue weighted by molar-refractivity contribution is 6.36. The van der Waals surface area contributed by atoms with Crippen molar-refractivity contribution in [3.8, 4) is 0 Å². The average Bonchev–Trinajstić information content (AvgIpc) is 2.16. The Balaban J connectivity index is 3.57. The molecule has 0 aliphatic rings. The molecule has 0 unspecified atom stereocenters. The fourth-order valence-electron chi connectivity index (χ4n) is 1.09. The first-order valence-electron chi connectivity index (χ1n) is 3.98. The van der Waals surface area contributed by atoms with E-state index in [1.165, 1.54) is 0 Å². The van der Waals surface area contributed by atoms with Gasteiger partial charge in [0.2, 0.25) is 0 Å². The van der Waals surface area contributed by atoms with Crippen molar-refractivity contribution in [1.29, 1.82) is 0 Å². The zero-order chi connectivity index (χ0) is 12.5. The molecule has 0 atom stereocenters. The summed E-state index contributed by atoms with van der Waals surface area (Å²) in [6, 6.07) is 1.63. The number of hydrogen-bond acceptors (Lipinski definition) is 5. The number of carbonyl (C=O) groups excluding carboxylic acids is 1. The Morgan fingerprint density at radius 3 is 2.19 bits per heavy atom. The molecule has 0 spiro atoms. The van der Waals surface area contributed by atoms with Crippen molar-refractivity contribution in [3.63, 3.8) is 0 Å². The van der Waals surface area contributed by atoms with E-state index in [2.05, 4.69) is 0 Å². The third kappa shape index (κ3) is 2.14. The number of hydrogen-bond donors (Lipinski definition) is 0. The van der Waals surface area contributed by atoms with Crippen LogP contribution in [0.3, 0.4) is 0 Å². The standard InChI is InChI=1S/C8H5ClN2O5/c1-4(12)6-2-5(10(13)14)3-7(8(6)9)11(15)16/h2-3H,1H3. The normalized spacial score (nSPS) is 9.88. The van der Waals surface area contributed by atoms with Crippen molar-refractivity contribution in [3.05, 3.63) is 42.9 Å². The van der Waals surface area contributed by atoms with Gasteiger partial charge in [0.05, 0.1) is 15.9 Å². The minimum atomic E-state index is -0.873. The number of ketones is 1. The number of rotatable bonds is 3. The number of Topliss-reactive ketones (excluding diaryl/α,β-unsaturated/α-hetero) is 1. The van der Waals surface area contributed by atoms with Crippen LogP contribution in [0.2, 0.25) is 5.02 Å². The molecule has 7 nitrogen and oxygen atoms in total. The van der Waals surface area contributed by atoms with Gasteiger partial charge < -0.3 is 0 Å². The van der Waals surface area contributed by atoms with Crippen molar-refractivity contribution in [1.82, 2.24) is 0 Å². The lowest BCUT2D eigenvalue weighted by molar-refractivity contribution is -0.394. The fourth-order valence-corrected chi connectivity index (χ4v) is 1.40. The van der Waals surface area contributed by atoms with Crippen LogP contribution in [0.1, 0.15) is 17.3 Å². The molecule has 1 aromatic carbocycles. The molecule has 0 radical (unpaired) electrons. The van der Waals surface area contributed by atoms with E-state index in [0.717, 1.165) is 19.1 Å². The maximum Gasteiger partial charge on any atom is 0.295 e. The monoisotopic (exact) mass is 244 g/mol. The molecule has 0 bridgehead atoms. The summed E-state index contributed by atoms with van der Waals surface area (Å²) in [6.45, 7) is 1.12. The molecule has 8 heteroatoms. The van der Waals surface area contributed by atoms with Gasteiger partial charge in [-0.2, -0.15) is 0 Å². The highest BCUT2D eigenvalue weighted by Crippen LogP contribution is 2.32. The van der Waals surface area contributed by atoms with Crippen molar-refractivity contribution >= 4 is 28.8 Å². The third-order valence-corrected chi connectivity index (χ3v) is 2.22. The molecule has 0 saturated heterocycles. The van der Waals surface area contributed by atoms with Crippen molar-refractivity contribution in [2.24, 2.45) is 0 Å². The van der Waals surface area contributed by atoms with E-state index in [-0.39, 0.29) is 10.6 Å². The summed E-state index contributed by atoms with van der Waals surface area (Å²) in [5.41, 5.74) is -1.43. The molecule has 16 heavy (non-hydrogen) atoms. The summed E-state index contributed by atoms with van der Waals surface area (Å²) in [4.78, 5) is 30.4. The van der Waals surface area contributed by atoms with Crippen LogP contribution >= 0.6 is 11.6 Å². The Bertz CT molecular complexity index is 464. The summed E-state index contributed by atoms with van der Waals surface area (Å²) in [5, 5.41) is 20.7. The predicted molar refractivity (Wildman–Crippen MR) is 54.8 cm³/mol. The second-order valence-electron chi connectivity index (χ2n) is 2.90. The Kier molecular flexibility index (Phi) is 3.19. The Labute approximate surface area is 93.9 Å². The summed E-state index contributed by atoms with van der Waals surface area (Å²) in [7, 11) is 0. The van der Waals surface area contributed by atoms with Gasteiger partial charge in [-0.1, -0.05) is 11.6 Å². The highest BCUT2D eigenvalue weighted by atomic mass is 35.5. The van der Waals surface area contributed by atoms with Crippen LogP contribution < -0.4 is 0 Å². The van der Waals surface area contributed by atoms with Crippen molar-refractivity contribution in [2.75, 3.05) is 0 Å². The number of benzene rings is 1. The van der Waals surface area contributed by atoms with E-state index in [1.54, 1.807) is 0 Å². The molecule has 0 aromatic heterocycles. The topological polar surface area (TPSA) is 103 Å². The smallest absolute Gasteiger partial charge is 0.294 e. The number of non-ortho nitro benzene ring substituents is 1. The molecule has 0 aliphatic carbocycles. The van der Waals surface area contributed by atoms with E-state index in [9.17, 15) is 25.0 Å². The van der Waals surface area contributed by atoms with E-state index in [0.29, 0.717) is 0 Å². The first-order valence-corrected chi connectivity index (χ1v) is 4.35. The molecular weight excluding hydrogens is 240 g/mol. The minimum absolute atomic E-state index is 0.234. The molecular formula is C8H5ClN2O5. The zero-order valence-electron chi connectivity index (χ0n) is 7.97. The van der Waals surface area contributed by atoms with Crippen LogP contribution in [0.15, 0.2) is 12.1 Å². The van der Waals surface area contributed by atoms with Gasteiger partial charge in [0, 0.05) is 11.6 Å².